The van der Waals surface area contributed by atoms with Gasteiger partial charge in [0.25, 0.3) is 0 Å². The smallest absolute Gasteiger partial charge is 0.0693 e. The molecule has 5 unspecified atom stereocenters. The Morgan fingerprint density at radius 2 is 2.06 bits per heavy atom. The van der Waals surface area contributed by atoms with Crippen molar-refractivity contribution < 1.29 is 5.11 Å². The first-order valence-corrected chi connectivity index (χ1v) is 7.76. The Kier molecular flexibility index (Phi) is 5.05. The minimum Gasteiger partial charge on any atom is -0.392 e. The minimum absolute atomic E-state index is 0.138. The van der Waals surface area contributed by atoms with Crippen molar-refractivity contribution in [2.45, 2.75) is 58.1 Å². The SMILES string of the molecule is CCC1CCC(N)C(CN2CCC(C)C(O)C2)C1. The summed E-state index contributed by atoms with van der Waals surface area (Å²) in [7, 11) is 0. The zero-order valence-electron chi connectivity index (χ0n) is 12.0. The Bertz CT molecular complexity index is 259. The fourth-order valence-electron chi connectivity index (χ4n) is 3.58. The normalized spacial score (nSPS) is 43.0. The van der Waals surface area contributed by atoms with Gasteiger partial charge in [0, 0.05) is 19.1 Å². The van der Waals surface area contributed by atoms with Crippen LogP contribution < -0.4 is 5.73 Å². The van der Waals surface area contributed by atoms with Gasteiger partial charge in [-0.2, -0.15) is 0 Å². The highest BCUT2D eigenvalue weighted by Gasteiger charge is 2.31. The van der Waals surface area contributed by atoms with Gasteiger partial charge >= 0.3 is 0 Å². The number of aliphatic hydroxyl groups is 1. The summed E-state index contributed by atoms with van der Waals surface area (Å²) in [6.07, 6.45) is 6.08. The molecule has 0 aromatic carbocycles. The molecule has 0 aromatic rings. The number of β-amino-alcohol motifs (C(OH)–C–C–N with tert-alkyl or cyclic N) is 1. The van der Waals surface area contributed by atoms with Crippen molar-refractivity contribution in [1.29, 1.82) is 0 Å². The molecule has 1 aliphatic heterocycles. The van der Waals surface area contributed by atoms with Crippen molar-refractivity contribution in [3.8, 4) is 0 Å². The van der Waals surface area contributed by atoms with Crippen molar-refractivity contribution in [2.24, 2.45) is 23.5 Å². The first kappa shape index (κ1) is 14.3. The van der Waals surface area contributed by atoms with Crippen LogP contribution in [0.3, 0.4) is 0 Å². The molecule has 1 saturated heterocycles. The number of likely N-dealkylation sites (tertiary alicyclic amines) is 1. The number of hydrogen-bond donors (Lipinski definition) is 2. The van der Waals surface area contributed by atoms with Gasteiger partial charge in [-0.15, -0.1) is 0 Å². The quantitative estimate of drug-likeness (QED) is 0.808. The second kappa shape index (κ2) is 6.36. The third kappa shape index (κ3) is 3.46. The van der Waals surface area contributed by atoms with E-state index in [1.807, 2.05) is 0 Å². The summed E-state index contributed by atoms with van der Waals surface area (Å²) in [6.45, 7) is 7.53. The number of nitrogens with zero attached hydrogens (tertiary/aromatic N) is 1. The summed E-state index contributed by atoms with van der Waals surface area (Å²) in [5.41, 5.74) is 6.29. The van der Waals surface area contributed by atoms with Crippen molar-refractivity contribution >= 4 is 0 Å². The zero-order valence-corrected chi connectivity index (χ0v) is 12.0. The molecule has 18 heavy (non-hydrogen) atoms. The Hall–Kier alpha value is -0.120. The van der Waals surface area contributed by atoms with Crippen LogP contribution >= 0.6 is 0 Å². The highest BCUT2D eigenvalue weighted by atomic mass is 16.3. The van der Waals surface area contributed by atoms with Gasteiger partial charge in [0.2, 0.25) is 0 Å². The van der Waals surface area contributed by atoms with E-state index in [1.165, 1.54) is 25.7 Å². The van der Waals surface area contributed by atoms with Crippen molar-refractivity contribution in [2.75, 3.05) is 19.6 Å². The first-order valence-electron chi connectivity index (χ1n) is 7.76. The van der Waals surface area contributed by atoms with E-state index in [2.05, 4.69) is 18.7 Å². The maximum atomic E-state index is 9.97. The van der Waals surface area contributed by atoms with Gasteiger partial charge < -0.3 is 15.7 Å². The molecule has 3 heteroatoms. The largest absolute Gasteiger partial charge is 0.392 e. The molecule has 1 heterocycles. The summed E-state index contributed by atoms with van der Waals surface area (Å²) < 4.78 is 0. The molecule has 3 N–H and O–H groups in total. The van der Waals surface area contributed by atoms with E-state index >= 15 is 0 Å². The highest BCUT2D eigenvalue weighted by molar-refractivity contribution is 4.86. The summed E-state index contributed by atoms with van der Waals surface area (Å²) in [5.74, 6) is 1.98. The van der Waals surface area contributed by atoms with Crippen LogP contribution in [0.1, 0.15) is 46.0 Å². The molecule has 2 fully saturated rings. The topological polar surface area (TPSA) is 49.5 Å². The monoisotopic (exact) mass is 254 g/mol. The number of hydrogen-bond acceptors (Lipinski definition) is 3. The van der Waals surface area contributed by atoms with E-state index in [-0.39, 0.29) is 6.10 Å². The third-order valence-electron chi connectivity index (χ3n) is 5.22. The predicted octanol–water partition coefficient (Wildman–Crippen LogP) is 1.84. The zero-order chi connectivity index (χ0) is 13.1. The molecule has 0 aromatic heterocycles. The highest BCUT2D eigenvalue weighted by Crippen LogP contribution is 2.31. The predicted molar refractivity (Wildman–Crippen MR) is 75.3 cm³/mol. The molecule has 1 saturated carbocycles. The lowest BCUT2D eigenvalue weighted by Crippen LogP contribution is -2.48. The van der Waals surface area contributed by atoms with Gasteiger partial charge in [0.15, 0.2) is 0 Å². The molecule has 0 radical (unpaired) electrons. The Labute approximate surface area is 112 Å². The van der Waals surface area contributed by atoms with Crippen LogP contribution in [-0.2, 0) is 0 Å². The van der Waals surface area contributed by atoms with Crippen LogP contribution in [0.5, 0.6) is 0 Å². The van der Waals surface area contributed by atoms with E-state index in [4.69, 9.17) is 5.73 Å². The molecule has 0 bridgehead atoms. The molecule has 2 aliphatic rings. The van der Waals surface area contributed by atoms with Gasteiger partial charge in [-0.25, -0.2) is 0 Å². The van der Waals surface area contributed by atoms with Crippen molar-refractivity contribution in [3.63, 3.8) is 0 Å². The molecule has 106 valence electrons. The van der Waals surface area contributed by atoms with Gasteiger partial charge in [0.05, 0.1) is 6.10 Å². The summed E-state index contributed by atoms with van der Waals surface area (Å²) in [4.78, 5) is 2.44. The van der Waals surface area contributed by atoms with Gasteiger partial charge in [-0.3, -0.25) is 0 Å². The molecular formula is C15H30N2O. The molecule has 0 spiro atoms. The second-order valence-corrected chi connectivity index (χ2v) is 6.60. The molecule has 0 amide bonds. The van der Waals surface area contributed by atoms with E-state index in [0.717, 1.165) is 32.0 Å². The van der Waals surface area contributed by atoms with Crippen LogP contribution in [0.4, 0.5) is 0 Å². The standard InChI is InChI=1S/C15H30N2O/c1-3-12-4-5-14(16)13(8-12)9-17-7-6-11(2)15(18)10-17/h11-15,18H,3-10,16H2,1-2H3. The van der Waals surface area contributed by atoms with E-state index in [9.17, 15) is 5.11 Å². The van der Waals surface area contributed by atoms with Crippen LogP contribution in [0.2, 0.25) is 0 Å². The molecule has 3 nitrogen and oxygen atoms in total. The molecule has 5 atom stereocenters. The Morgan fingerprint density at radius 1 is 1.28 bits per heavy atom. The number of aliphatic hydroxyl groups excluding tert-OH is 1. The number of piperidine rings is 1. The minimum atomic E-state index is -0.138. The number of nitrogens with two attached hydrogens (primary N) is 1. The average molecular weight is 254 g/mol. The fraction of sp³-hybridized carbons (Fsp3) is 1.00. The lowest BCUT2D eigenvalue weighted by Gasteiger charge is -2.40. The Morgan fingerprint density at radius 3 is 2.72 bits per heavy atom. The summed E-state index contributed by atoms with van der Waals surface area (Å²) >= 11 is 0. The lowest BCUT2D eigenvalue weighted by atomic mass is 9.77. The average Bonchev–Trinajstić information content (AvgIpc) is 2.36. The van der Waals surface area contributed by atoms with E-state index < -0.39 is 0 Å². The van der Waals surface area contributed by atoms with Crippen LogP contribution in [0.15, 0.2) is 0 Å². The van der Waals surface area contributed by atoms with Crippen LogP contribution in [0, 0.1) is 17.8 Å². The van der Waals surface area contributed by atoms with Crippen LogP contribution in [0.25, 0.3) is 0 Å². The van der Waals surface area contributed by atoms with E-state index in [0.29, 0.717) is 17.9 Å². The third-order valence-corrected chi connectivity index (χ3v) is 5.22. The fourth-order valence-corrected chi connectivity index (χ4v) is 3.58. The molecular weight excluding hydrogens is 224 g/mol. The van der Waals surface area contributed by atoms with Gasteiger partial charge in [-0.05, 0) is 50.0 Å². The van der Waals surface area contributed by atoms with E-state index in [1.54, 1.807) is 0 Å². The van der Waals surface area contributed by atoms with Crippen LogP contribution in [-0.4, -0.2) is 41.8 Å². The first-order chi connectivity index (χ1) is 8.60. The lowest BCUT2D eigenvalue weighted by molar-refractivity contribution is 0.0164. The van der Waals surface area contributed by atoms with Crippen molar-refractivity contribution in [3.05, 3.63) is 0 Å². The summed E-state index contributed by atoms with van der Waals surface area (Å²) in [5, 5.41) is 9.97. The maximum absolute atomic E-state index is 9.97. The molecule has 1 aliphatic carbocycles. The van der Waals surface area contributed by atoms with Gasteiger partial charge in [0.1, 0.15) is 0 Å². The second-order valence-electron chi connectivity index (χ2n) is 6.60. The summed E-state index contributed by atoms with van der Waals surface area (Å²) in [6, 6.07) is 0.379. The van der Waals surface area contributed by atoms with Gasteiger partial charge in [-0.1, -0.05) is 20.3 Å². The molecule has 2 rings (SSSR count). The number of rotatable bonds is 3. The Balaban J connectivity index is 1.84. The van der Waals surface area contributed by atoms with Crippen molar-refractivity contribution in [1.82, 2.24) is 4.90 Å². The maximum Gasteiger partial charge on any atom is 0.0693 e.